The molecule has 0 atom stereocenters. The number of rotatable bonds is 6. The summed E-state index contributed by atoms with van der Waals surface area (Å²) in [5.74, 6) is 0.0820. The fraction of sp³-hybridized carbons (Fsp3) is 0.259. The Morgan fingerprint density at radius 2 is 1.92 bits per heavy atom. The Morgan fingerprint density at radius 1 is 1.08 bits per heavy atom. The third-order valence-electron chi connectivity index (χ3n) is 6.01. The molecule has 2 heterocycles. The summed E-state index contributed by atoms with van der Waals surface area (Å²) < 4.78 is 16.2. The molecule has 3 amide bonds. The van der Waals surface area contributed by atoms with Crippen molar-refractivity contribution in [3.63, 3.8) is 0 Å². The van der Waals surface area contributed by atoms with Gasteiger partial charge in [-0.05, 0) is 60.2 Å². The molecule has 1 aliphatic heterocycles. The molecule has 184 valence electrons. The average molecular weight is 488 g/mol. The Bertz CT molecular complexity index is 1400. The van der Waals surface area contributed by atoms with Crippen LogP contribution in [0.4, 0.5) is 4.79 Å². The highest BCUT2D eigenvalue weighted by Crippen LogP contribution is 2.39. The fourth-order valence-electron chi connectivity index (χ4n) is 4.36. The van der Waals surface area contributed by atoms with E-state index >= 15 is 0 Å². The minimum Gasteiger partial charge on any atom is -0.454 e. The van der Waals surface area contributed by atoms with Gasteiger partial charge in [-0.25, -0.2) is 14.6 Å². The maximum absolute atomic E-state index is 13.2. The van der Waals surface area contributed by atoms with E-state index in [1.54, 1.807) is 0 Å². The van der Waals surface area contributed by atoms with Crippen LogP contribution in [0, 0.1) is 0 Å². The first kappa shape index (κ1) is 23.3. The summed E-state index contributed by atoms with van der Waals surface area (Å²) in [7, 11) is 0. The van der Waals surface area contributed by atoms with E-state index in [-0.39, 0.29) is 6.79 Å². The molecule has 0 spiro atoms. The monoisotopic (exact) mass is 487 g/mol. The summed E-state index contributed by atoms with van der Waals surface area (Å²) in [6.07, 6.45) is 4.08. The minimum absolute atomic E-state index is 0.207. The molecular weight excluding hydrogens is 462 g/mol. The first-order valence-electron chi connectivity index (χ1n) is 11.8. The van der Waals surface area contributed by atoms with Crippen LogP contribution in [-0.4, -0.2) is 42.8 Å². The number of hydrogen-bond donors (Lipinski definition) is 2. The zero-order valence-electron chi connectivity index (χ0n) is 19.8. The van der Waals surface area contributed by atoms with Crippen molar-refractivity contribution >= 4 is 40.5 Å². The number of imide groups is 1. The Labute approximate surface area is 207 Å². The van der Waals surface area contributed by atoms with Gasteiger partial charge < -0.3 is 19.5 Å². The summed E-state index contributed by atoms with van der Waals surface area (Å²) in [4.78, 5) is 41.8. The fourth-order valence-corrected chi connectivity index (χ4v) is 4.36. The minimum atomic E-state index is -0.699. The number of para-hydroxylation sites is 1. The third kappa shape index (κ3) is 4.72. The Balaban J connectivity index is 1.41. The summed E-state index contributed by atoms with van der Waals surface area (Å²) in [6.45, 7) is 1.98. The lowest BCUT2D eigenvalue weighted by Crippen LogP contribution is -2.41. The number of amides is 3. The Kier molecular flexibility index (Phi) is 6.53. The van der Waals surface area contributed by atoms with Crippen molar-refractivity contribution < 1.29 is 28.6 Å². The van der Waals surface area contributed by atoms with Crippen LogP contribution in [0.3, 0.4) is 0 Å². The van der Waals surface area contributed by atoms with Crippen molar-refractivity contribution in [3.05, 3.63) is 64.8 Å². The number of esters is 1. The molecule has 9 heteroatoms. The van der Waals surface area contributed by atoms with E-state index in [9.17, 15) is 14.4 Å². The van der Waals surface area contributed by atoms with Gasteiger partial charge in [-0.1, -0.05) is 31.2 Å². The lowest BCUT2D eigenvalue weighted by atomic mass is 10.0. The van der Waals surface area contributed by atoms with Crippen molar-refractivity contribution in [3.8, 4) is 11.5 Å². The highest BCUT2D eigenvalue weighted by molar-refractivity contribution is 6.08. The molecule has 1 aliphatic carbocycles. The van der Waals surface area contributed by atoms with Crippen LogP contribution in [0.5, 0.6) is 11.5 Å². The number of carbonyl (C=O) groups is 3. The van der Waals surface area contributed by atoms with Gasteiger partial charge in [0.05, 0.1) is 16.8 Å². The molecule has 2 aliphatic rings. The van der Waals surface area contributed by atoms with Crippen LogP contribution in [0.1, 0.15) is 46.9 Å². The van der Waals surface area contributed by atoms with E-state index in [1.165, 1.54) is 0 Å². The van der Waals surface area contributed by atoms with E-state index < -0.39 is 24.5 Å². The van der Waals surface area contributed by atoms with Crippen LogP contribution in [-0.2, 0) is 16.0 Å². The zero-order chi connectivity index (χ0) is 25.1. The molecule has 0 saturated carbocycles. The van der Waals surface area contributed by atoms with E-state index in [0.717, 1.165) is 28.8 Å². The predicted octanol–water partition coefficient (Wildman–Crippen LogP) is 3.84. The number of nitrogens with zero attached hydrogens (tertiary/aromatic N) is 1. The number of carbonyl (C=O) groups excluding carboxylic acids is 3. The quantitative estimate of drug-likeness (QED) is 0.508. The molecular formula is C27H25N3O6. The molecule has 36 heavy (non-hydrogen) atoms. The number of fused-ring (bicyclic) bond motifs is 3. The number of pyridine rings is 1. The van der Waals surface area contributed by atoms with Gasteiger partial charge >= 0.3 is 12.0 Å². The summed E-state index contributed by atoms with van der Waals surface area (Å²) in [6, 6.07) is 12.5. The van der Waals surface area contributed by atoms with Crippen LogP contribution < -0.4 is 20.1 Å². The van der Waals surface area contributed by atoms with E-state index in [2.05, 4.69) is 10.6 Å². The molecule has 0 fully saturated rings. The summed E-state index contributed by atoms with van der Waals surface area (Å²) >= 11 is 0. The van der Waals surface area contributed by atoms with Gasteiger partial charge in [-0.15, -0.1) is 0 Å². The van der Waals surface area contributed by atoms with Gasteiger partial charge in [0.1, 0.15) is 0 Å². The first-order chi connectivity index (χ1) is 17.5. The van der Waals surface area contributed by atoms with Crippen LogP contribution >= 0.6 is 0 Å². The number of urea groups is 1. The molecule has 2 aromatic carbocycles. The van der Waals surface area contributed by atoms with Crippen molar-refractivity contribution in [2.24, 2.45) is 0 Å². The van der Waals surface area contributed by atoms with E-state index in [1.807, 2.05) is 55.5 Å². The normalized spacial score (nSPS) is 14.5. The van der Waals surface area contributed by atoms with Crippen LogP contribution in [0.2, 0.25) is 0 Å². The lowest BCUT2D eigenvalue weighted by Gasteiger charge is -2.12. The average Bonchev–Trinajstić information content (AvgIpc) is 3.51. The van der Waals surface area contributed by atoms with Crippen molar-refractivity contribution in [2.45, 2.75) is 26.2 Å². The van der Waals surface area contributed by atoms with Crippen molar-refractivity contribution in [2.75, 3.05) is 19.9 Å². The van der Waals surface area contributed by atoms with Gasteiger partial charge in [0, 0.05) is 11.9 Å². The van der Waals surface area contributed by atoms with Crippen LogP contribution in [0.25, 0.3) is 22.6 Å². The van der Waals surface area contributed by atoms with E-state index in [4.69, 9.17) is 19.2 Å². The molecule has 5 rings (SSSR count). The van der Waals surface area contributed by atoms with Crippen molar-refractivity contribution in [1.82, 2.24) is 15.6 Å². The van der Waals surface area contributed by atoms with Gasteiger partial charge in [-0.2, -0.15) is 0 Å². The Hall–Kier alpha value is -4.40. The van der Waals surface area contributed by atoms with Gasteiger partial charge in [0.15, 0.2) is 18.1 Å². The summed E-state index contributed by atoms with van der Waals surface area (Å²) in [5, 5.41) is 5.35. The van der Waals surface area contributed by atoms with Gasteiger partial charge in [0.2, 0.25) is 6.79 Å². The second kappa shape index (κ2) is 10.1. The molecule has 1 aromatic heterocycles. The number of ether oxygens (including phenoxy) is 3. The highest BCUT2D eigenvalue weighted by atomic mass is 16.7. The second-order valence-electron chi connectivity index (χ2n) is 8.49. The number of benzene rings is 2. The maximum atomic E-state index is 13.2. The molecule has 0 saturated heterocycles. The lowest BCUT2D eigenvalue weighted by molar-refractivity contribution is -0.123. The molecule has 9 nitrogen and oxygen atoms in total. The van der Waals surface area contributed by atoms with Gasteiger partial charge in [0.25, 0.3) is 5.91 Å². The zero-order valence-corrected chi connectivity index (χ0v) is 19.8. The molecule has 0 radical (unpaired) electrons. The molecule has 0 unspecified atom stereocenters. The number of allylic oxidation sites excluding steroid dienone is 1. The predicted molar refractivity (Wildman–Crippen MR) is 133 cm³/mol. The summed E-state index contributed by atoms with van der Waals surface area (Å²) in [5.41, 5.74) is 4.51. The topological polar surface area (TPSA) is 116 Å². The molecule has 0 bridgehead atoms. The third-order valence-corrected chi connectivity index (χ3v) is 6.01. The van der Waals surface area contributed by atoms with E-state index in [0.29, 0.717) is 47.4 Å². The van der Waals surface area contributed by atoms with Crippen LogP contribution in [0.15, 0.2) is 42.5 Å². The highest BCUT2D eigenvalue weighted by Gasteiger charge is 2.28. The Morgan fingerprint density at radius 3 is 2.78 bits per heavy atom. The standard InChI is InChI=1S/C27H25N3O6/c1-2-11-28-27(33)30-23(31)14-34-26(32)24-18-5-3-4-6-20(18)29-25-17(8-9-19(24)25)12-16-7-10-21-22(13-16)36-15-35-21/h3-7,10,12-13H,2,8-9,11,14-15H2,1H3,(H2,28,30,31,33)/b17-12-. The SMILES string of the molecule is CCCNC(=O)NC(=O)COC(=O)c1c2c(nc3ccccc13)/C(=C\c1ccc3c(c1)OCO3)CC2. The largest absolute Gasteiger partial charge is 0.454 e. The number of hydrogen-bond acceptors (Lipinski definition) is 7. The first-order valence-corrected chi connectivity index (χ1v) is 11.8. The number of nitrogens with one attached hydrogen (secondary N) is 2. The smallest absolute Gasteiger partial charge is 0.339 e. The maximum Gasteiger partial charge on any atom is 0.339 e. The number of aromatic nitrogens is 1. The van der Waals surface area contributed by atoms with Crippen molar-refractivity contribution in [1.29, 1.82) is 0 Å². The second-order valence-corrected chi connectivity index (χ2v) is 8.49. The molecule has 3 aromatic rings. The molecule has 2 N–H and O–H groups in total. The van der Waals surface area contributed by atoms with Gasteiger partial charge in [-0.3, -0.25) is 10.1 Å².